The molecule has 0 saturated carbocycles. The largest absolute Gasteiger partial charge is 0.352 e. The molecule has 0 unspecified atom stereocenters. The van der Waals surface area contributed by atoms with Crippen molar-refractivity contribution in [2.24, 2.45) is 0 Å². The van der Waals surface area contributed by atoms with Crippen LogP contribution in [0.1, 0.15) is 24.2 Å². The van der Waals surface area contributed by atoms with Gasteiger partial charge in [0.05, 0.1) is 5.39 Å². The first-order valence-electron chi connectivity index (χ1n) is 10.2. The number of carbonyl (C=O) groups is 2. The number of rotatable bonds is 6. The minimum Gasteiger partial charge on any atom is -0.352 e. The zero-order chi connectivity index (χ0) is 23.5. The lowest BCUT2D eigenvalue weighted by Crippen LogP contribution is -2.37. The summed E-state index contributed by atoms with van der Waals surface area (Å²) in [6, 6.07) is 9.95. The Balaban J connectivity index is 1.91. The van der Waals surface area contributed by atoms with Crippen LogP contribution < -0.4 is 10.9 Å². The van der Waals surface area contributed by atoms with Crippen molar-refractivity contribution in [1.82, 2.24) is 24.8 Å². The van der Waals surface area contributed by atoms with Crippen molar-refractivity contribution in [3.8, 4) is 22.5 Å². The Labute approximate surface area is 194 Å². The predicted molar refractivity (Wildman–Crippen MR) is 126 cm³/mol. The van der Waals surface area contributed by atoms with Gasteiger partial charge in [0.1, 0.15) is 18.7 Å². The summed E-state index contributed by atoms with van der Waals surface area (Å²) < 4.78 is 1.32. The molecule has 4 rings (SSSR count). The van der Waals surface area contributed by atoms with E-state index in [4.69, 9.17) is 11.6 Å². The molecule has 0 bridgehead atoms. The highest BCUT2D eigenvalue weighted by atomic mass is 35.5. The predicted octanol–water partition coefficient (Wildman–Crippen LogP) is 3.51. The molecule has 0 aliphatic rings. The molecule has 8 nitrogen and oxygen atoms in total. The van der Waals surface area contributed by atoms with E-state index in [0.29, 0.717) is 39.4 Å². The SMILES string of the molecule is CC(C)NC(=O)Cn1c(-c2cccnc2)nc2ncc(-c3cc(Cl)cc(C=O)c3)cc2c1=O. The van der Waals surface area contributed by atoms with Gasteiger partial charge in [-0.25, -0.2) is 9.97 Å². The van der Waals surface area contributed by atoms with E-state index in [0.717, 1.165) is 0 Å². The fourth-order valence-corrected chi connectivity index (χ4v) is 3.73. The van der Waals surface area contributed by atoms with Crippen molar-refractivity contribution in [3.05, 3.63) is 75.9 Å². The number of hydrogen-bond donors (Lipinski definition) is 1. The third-order valence-electron chi connectivity index (χ3n) is 4.87. The Hall–Kier alpha value is -3.91. The van der Waals surface area contributed by atoms with Gasteiger partial charge in [-0.1, -0.05) is 11.6 Å². The second kappa shape index (κ2) is 9.30. The molecular formula is C24H20ClN5O3. The summed E-state index contributed by atoms with van der Waals surface area (Å²) >= 11 is 6.13. The fourth-order valence-electron chi connectivity index (χ4n) is 3.48. The van der Waals surface area contributed by atoms with Crippen LogP contribution in [0.2, 0.25) is 5.02 Å². The normalized spacial score (nSPS) is 11.0. The Kier molecular flexibility index (Phi) is 6.28. The molecule has 166 valence electrons. The number of nitrogens with zero attached hydrogens (tertiary/aromatic N) is 4. The molecule has 1 aromatic carbocycles. The average molecular weight is 462 g/mol. The maximum absolute atomic E-state index is 13.5. The smallest absolute Gasteiger partial charge is 0.263 e. The van der Waals surface area contributed by atoms with Crippen molar-refractivity contribution < 1.29 is 9.59 Å². The zero-order valence-electron chi connectivity index (χ0n) is 17.9. The van der Waals surface area contributed by atoms with Crippen molar-refractivity contribution in [2.45, 2.75) is 26.4 Å². The van der Waals surface area contributed by atoms with Gasteiger partial charge in [-0.3, -0.25) is 23.9 Å². The van der Waals surface area contributed by atoms with E-state index in [1.165, 1.54) is 4.57 Å². The molecule has 3 heterocycles. The summed E-state index contributed by atoms with van der Waals surface area (Å²) in [5.74, 6) is -0.0151. The molecule has 9 heteroatoms. The number of carbonyl (C=O) groups excluding carboxylic acids is 2. The van der Waals surface area contributed by atoms with Crippen LogP contribution >= 0.6 is 11.6 Å². The van der Waals surface area contributed by atoms with Crippen molar-refractivity contribution in [3.63, 3.8) is 0 Å². The van der Waals surface area contributed by atoms with Crippen LogP contribution in [0, 0.1) is 0 Å². The highest BCUT2D eigenvalue weighted by molar-refractivity contribution is 6.31. The summed E-state index contributed by atoms with van der Waals surface area (Å²) in [5, 5.41) is 3.43. The summed E-state index contributed by atoms with van der Waals surface area (Å²) in [4.78, 5) is 50.3. The molecule has 0 saturated heterocycles. The van der Waals surface area contributed by atoms with E-state index >= 15 is 0 Å². The topological polar surface area (TPSA) is 107 Å². The van der Waals surface area contributed by atoms with Gasteiger partial charge >= 0.3 is 0 Å². The molecule has 0 spiro atoms. The van der Waals surface area contributed by atoms with E-state index in [1.54, 1.807) is 55.0 Å². The van der Waals surface area contributed by atoms with E-state index in [2.05, 4.69) is 20.3 Å². The van der Waals surface area contributed by atoms with E-state index in [9.17, 15) is 14.4 Å². The van der Waals surface area contributed by atoms with E-state index in [1.807, 2.05) is 13.8 Å². The summed E-state index contributed by atoms with van der Waals surface area (Å²) in [7, 11) is 0. The number of amides is 1. The quantitative estimate of drug-likeness (QED) is 0.440. The van der Waals surface area contributed by atoms with Gasteiger partial charge in [-0.05, 0) is 55.8 Å². The average Bonchev–Trinajstić information content (AvgIpc) is 2.80. The van der Waals surface area contributed by atoms with Crippen LogP contribution in [-0.2, 0) is 11.3 Å². The van der Waals surface area contributed by atoms with Gasteiger partial charge in [0.25, 0.3) is 5.56 Å². The molecule has 1 amide bonds. The van der Waals surface area contributed by atoms with E-state index in [-0.39, 0.29) is 29.5 Å². The minimum atomic E-state index is -0.412. The Bertz CT molecular complexity index is 1420. The van der Waals surface area contributed by atoms with Crippen molar-refractivity contribution >= 4 is 34.8 Å². The van der Waals surface area contributed by atoms with Crippen LogP contribution in [0.3, 0.4) is 0 Å². The first kappa shape index (κ1) is 22.3. The van der Waals surface area contributed by atoms with Gasteiger partial charge in [-0.2, -0.15) is 0 Å². The highest BCUT2D eigenvalue weighted by Gasteiger charge is 2.17. The second-order valence-electron chi connectivity index (χ2n) is 7.78. The molecular weight excluding hydrogens is 442 g/mol. The second-order valence-corrected chi connectivity index (χ2v) is 8.21. The molecule has 1 N–H and O–H groups in total. The standard InChI is InChI=1S/C24H20ClN5O3/c1-14(2)28-21(32)12-30-23(16-4-3-5-26-10-16)29-22-20(24(30)33)9-18(11-27-22)17-6-15(13-31)7-19(25)8-17/h3-11,13-14H,12H2,1-2H3,(H,28,32). The number of nitrogens with one attached hydrogen (secondary N) is 1. The Morgan fingerprint density at radius 1 is 1.15 bits per heavy atom. The maximum Gasteiger partial charge on any atom is 0.263 e. The van der Waals surface area contributed by atoms with Crippen molar-refractivity contribution in [2.75, 3.05) is 0 Å². The molecule has 33 heavy (non-hydrogen) atoms. The fraction of sp³-hybridized carbons (Fsp3) is 0.167. The monoisotopic (exact) mass is 461 g/mol. The number of aromatic nitrogens is 4. The molecule has 0 radical (unpaired) electrons. The van der Waals surface area contributed by atoms with Gasteiger partial charge in [0.2, 0.25) is 5.91 Å². The summed E-state index contributed by atoms with van der Waals surface area (Å²) in [5.41, 5.74) is 2.05. The number of hydrogen-bond acceptors (Lipinski definition) is 6. The highest BCUT2D eigenvalue weighted by Crippen LogP contribution is 2.26. The lowest BCUT2D eigenvalue weighted by atomic mass is 10.0. The number of pyridine rings is 2. The molecule has 0 fully saturated rings. The maximum atomic E-state index is 13.5. The lowest BCUT2D eigenvalue weighted by Gasteiger charge is -2.15. The third kappa shape index (κ3) is 4.80. The molecule has 4 aromatic rings. The number of aldehydes is 1. The number of fused-ring (bicyclic) bond motifs is 1. The lowest BCUT2D eigenvalue weighted by molar-refractivity contribution is -0.122. The first-order chi connectivity index (χ1) is 15.9. The van der Waals surface area contributed by atoms with Crippen LogP contribution in [0.4, 0.5) is 0 Å². The van der Waals surface area contributed by atoms with Crippen LogP contribution in [0.25, 0.3) is 33.5 Å². The Morgan fingerprint density at radius 3 is 2.67 bits per heavy atom. The van der Waals surface area contributed by atoms with Crippen LogP contribution in [0.5, 0.6) is 0 Å². The van der Waals surface area contributed by atoms with Crippen molar-refractivity contribution in [1.29, 1.82) is 0 Å². The number of halogens is 1. The summed E-state index contributed by atoms with van der Waals surface area (Å²) in [6.07, 6.45) is 5.46. The third-order valence-corrected chi connectivity index (χ3v) is 5.09. The van der Waals surface area contributed by atoms with Gasteiger partial charge in [-0.15, -0.1) is 0 Å². The molecule has 0 atom stereocenters. The molecule has 0 aliphatic carbocycles. The van der Waals surface area contributed by atoms with Gasteiger partial charge in [0, 0.05) is 46.3 Å². The Morgan fingerprint density at radius 2 is 1.97 bits per heavy atom. The van der Waals surface area contributed by atoms with Crippen LogP contribution in [-0.4, -0.2) is 37.8 Å². The number of benzene rings is 1. The van der Waals surface area contributed by atoms with E-state index < -0.39 is 5.56 Å². The minimum absolute atomic E-state index is 0.0772. The van der Waals surface area contributed by atoms with Crippen LogP contribution in [0.15, 0.2) is 59.8 Å². The summed E-state index contributed by atoms with van der Waals surface area (Å²) in [6.45, 7) is 3.48. The first-order valence-corrected chi connectivity index (χ1v) is 10.6. The van der Waals surface area contributed by atoms with Gasteiger partial charge in [0.15, 0.2) is 5.65 Å². The van der Waals surface area contributed by atoms with Gasteiger partial charge < -0.3 is 5.32 Å². The molecule has 3 aromatic heterocycles. The molecule has 0 aliphatic heterocycles. The zero-order valence-corrected chi connectivity index (χ0v) is 18.7.